The lowest BCUT2D eigenvalue weighted by Crippen LogP contribution is -2.58. The van der Waals surface area contributed by atoms with Gasteiger partial charge in [-0.2, -0.15) is 0 Å². The van der Waals surface area contributed by atoms with Crippen LogP contribution in [-0.2, 0) is 14.4 Å². The lowest BCUT2D eigenvalue weighted by molar-refractivity contribution is -0.153. The molecule has 2 saturated heterocycles. The molecule has 0 aromatic carbocycles. The van der Waals surface area contributed by atoms with Crippen molar-refractivity contribution in [2.45, 2.75) is 31.3 Å². The number of amides is 2. The Labute approximate surface area is 153 Å². The highest BCUT2D eigenvalue weighted by Crippen LogP contribution is 2.50. The average molecular weight is 387 g/mol. The number of fused-ring (bicyclic) bond motifs is 1. The van der Waals surface area contributed by atoms with Crippen LogP contribution < -0.4 is 5.32 Å². The molecule has 2 aliphatic heterocycles. The highest BCUT2D eigenvalue weighted by molar-refractivity contribution is 7.16. The summed E-state index contributed by atoms with van der Waals surface area (Å²) in [6.45, 7) is 1.43. The number of halogens is 1. The van der Waals surface area contributed by atoms with E-state index in [2.05, 4.69) is 5.32 Å². The lowest BCUT2D eigenvalue weighted by atomic mass is 9.80. The van der Waals surface area contributed by atoms with Crippen molar-refractivity contribution >= 4 is 40.7 Å². The van der Waals surface area contributed by atoms with E-state index in [1.54, 1.807) is 12.1 Å². The molecule has 7 nitrogen and oxygen atoms in total. The van der Waals surface area contributed by atoms with Gasteiger partial charge in [0.25, 0.3) is 0 Å². The first kappa shape index (κ1) is 18.3. The Morgan fingerprint density at radius 1 is 1.40 bits per heavy atom. The molecule has 1 aromatic heterocycles. The lowest BCUT2D eigenvalue weighted by Gasteiger charge is -2.28. The summed E-state index contributed by atoms with van der Waals surface area (Å²) < 4.78 is 0.504. The number of aliphatic hydroxyl groups excluding tert-OH is 1. The minimum absolute atomic E-state index is 0.264. The Morgan fingerprint density at radius 3 is 2.64 bits per heavy atom. The van der Waals surface area contributed by atoms with Crippen LogP contribution in [0.15, 0.2) is 12.1 Å². The number of carbonyl (C=O) groups excluding carboxylic acids is 2. The molecule has 4 atom stereocenters. The zero-order chi connectivity index (χ0) is 18.4. The number of aliphatic carboxylic acids is 1. The highest BCUT2D eigenvalue weighted by atomic mass is 35.5. The van der Waals surface area contributed by atoms with Gasteiger partial charge < -0.3 is 10.2 Å². The fraction of sp³-hybridized carbons (Fsp3) is 0.562. The monoisotopic (exact) mass is 386 g/mol. The van der Waals surface area contributed by atoms with Gasteiger partial charge in [0.2, 0.25) is 11.8 Å². The first-order valence-electron chi connectivity index (χ1n) is 8.09. The third-order valence-electron chi connectivity index (χ3n) is 5.01. The summed E-state index contributed by atoms with van der Waals surface area (Å²) in [6.07, 6.45) is 1.46. The largest absolute Gasteiger partial charge is 0.480 e. The smallest absolute Gasteiger partial charge is 0.327 e. The molecule has 136 valence electrons. The molecule has 0 spiro atoms. The fourth-order valence-corrected chi connectivity index (χ4v) is 4.91. The van der Waals surface area contributed by atoms with E-state index >= 15 is 0 Å². The van der Waals surface area contributed by atoms with Crippen molar-refractivity contribution in [3.05, 3.63) is 21.3 Å². The molecule has 1 aromatic rings. The maximum Gasteiger partial charge on any atom is 0.327 e. The third kappa shape index (κ3) is 2.68. The number of rotatable bonds is 6. The Hall–Kier alpha value is -1.48. The number of hydrogen-bond donors (Lipinski definition) is 3. The number of carbonyl (C=O) groups is 3. The van der Waals surface area contributed by atoms with Crippen LogP contribution in [-0.4, -0.2) is 51.6 Å². The van der Waals surface area contributed by atoms with Gasteiger partial charge >= 0.3 is 5.97 Å². The predicted molar refractivity (Wildman–Crippen MR) is 91.3 cm³/mol. The van der Waals surface area contributed by atoms with Gasteiger partial charge in [0, 0.05) is 11.4 Å². The molecule has 0 saturated carbocycles. The zero-order valence-corrected chi connectivity index (χ0v) is 15.1. The SMILES string of the molecule is CCCCN1C(=O)C2C(c3ccc(Cl)s3)NC(CO)(C(=O)O)C2C1=O. The molecule has 4 unspecified atom stereocenters. The van der Waals surface area contributed by atoms with Crippen LogP contribution in [0.2, 0.25) is 4.34 Å². The molecule has 0 bridgehead atoms. The van der Waals surface area contributed by atoms with Gasteiger partial charge in [0.15, 0.2) is 5.54 Å². The number of likely N-dealkylation sites (tertiary alicyclic amines) is 1. The molecule has 2 aliphatic rings. The van der Waals surface area contributed by atoms with Crippen molar-refractivity contribution in [1.29, 1.82) is 0 Å². The summed E-state index contributed by atoms with van der Waals surface area (Å²) in [7, 11) is 0. The van der Waals surface area contributed by atoms with Crippen molar-refractivity contribution in [3.8, 4) is 0 Å². The van der Waals surface area contributed by atoms with E-state index in [9.17, 15) is 24.6 Å². The number of hydrogen-bond acceptors (Lipinski definition) is 6. The normalized spacial score (nSPS) is 31.6. The van der Waals surface area contributed by atoms with Crippen LogP contribution >= 0.6 is 22.9 Å². The van der Waals surface area contributed by atoms with Gasteiger partial charge in [-0.3, -0.25) is 24.6 Å². The molecular weight excluding hydrogens is 368 g/mol. The molecule has 3 N–H and O–H groups in total. The Balaban J connectivity index is 2.06. The summed E-state index contributed by atoms with van der Waals surface area (Å²) in [6, 6.07) is 2.70. The molecule has 0 radical (unpaired) electrons. The van der Waals surface area contributed by atoms with Crippen molar-refractivity contribution in [2.75, 3.05) is 13.2 Å². The number of aliphatic hydroxyl groups is 1. The number of imide groups is 1. The van der Waals surface area contributed by atoms with E-state index in [0.29, 0.717) is 15.6 Å². The average Bonchev–Trinajstić information content (AvgIpc) is 3.22. The quantitative estimate of drug-likeness (QED) is 0.635. The van der Waals surface area contributed by atoms with Crippen molar-refractivity contribution in [2.24, 2.45) is 11.8 Å². The summed E-state index contributed by atoms with van der Waals surface area (Å²) in [5.41, 5.74) is -1.88. The summed E-state index contributed by atoms with van der Waals surface area (Å²) >= 11 is 7.20. The fourth-order valence-electron chi connectivity index (χ4n) is 3.75. The number of nitrogens with one attached hydrogen (secondary N) is 1. The van der Waals surface area contributed by atoms with E-state index < -0.39 is 41.9 Å². The van der Waals surface area contributed by atoms with Gasteiger partial charge in [-0.25, -0.2) is 0 Å². The second-order valence-electron chi connectivity index (χ2n) is 6.38. The summed E-state index contributed by atoms with van der Waals surface area (Å²) in [4.78, 5) is 39.5. The van der Waals surface area contributed by atoms with E-state index in [-0.39, 0.29) is 12.5 Å². The van der Waals surface area contributed by atoms with Gasteiger partial charge in [-0.15, -0.1) is 11.3 Å². The first-order chi connectivity index (χ1) is 11.9. The van der Waals surface area contributed by atoms with Crippen molar-refractivity contribution < 1.29 is 24.6 Å². The Bertz CT molecular complexity index is 723. The van der Waals surface area contributed by atoms with E-state index in [1.807, 2.05) is 6.92 Å². The van der Waals surface area contributed by atoms with E-state index in [1.165, 1.54) is 11.3 Å². The standard InChI is InChI=1S/C16H19ClN2O5S/c1-2-3-6-19-13(21)10-11(14(19)22)16(7-20,15(23)24)18-12(10)8-4-5-9(17)25-8/h4-5,10-12,18,20H,2-3,6-7H2,1H3,(H,23,24). The van der Waals surface area contributed by atoms with Crippen LogP contribution in [0.4, 0.5) is 0 Å². The first-order valence-corrected chi connectivity index (χ1v) is 9.29. The second-order valence-corrected chi connectivity index (χ2v) is 8.13. The van der Waals surface area contributed by atoms with Crippen LogP contribution in [0, 0.1) is 11.8 Å². The van der Waals surface area contributed by atoms with Crippen LogP contribution in [0.1, 0.15) is 30.7 Å². The van der Waals surface area contributed by atoms with Crippen LogP contribution in [0.5, 0.6) is 0 Å². The van der Waals surface area contributed by atoms with Gasteiger partial charge in [0.05, 0.1) is 28.8 Å². The molecule has 0 aliphatic carbocycles. The zero-order valence-electron chi connectivity index (χ0n) is 13.6. The Kier molecular flexibility index (Phi) is 4.89. The molecule has 2 amide bonds. The van der Waals surface area contributed by atoms with E-state index in [4.69, 9.17) is 11.6 Å². The third-order valence-corrected chi connectivity index (χ3v) is 6.33. The maximum absolute atomic E-state index is 12.9. The maximum atomic E-state index is 12.9. The van der Waals surface area contributed by atoms with E-state index in [0.717, 1.165) is 11.3 Å². The number of unbranched alkanes of at least 4 members (excludes halogenated alkanes) is 1. The summed E-state index contributed by atoms with van der Waals surface area (Å²) in [5.74, 6) is -4.25. The Morgan fingerprint density at radius 2 is 2.12 bits per heavy atom. The molecule has 3 heterocycles. The van der Waals surface area contributed by atoms with Crippen molar-refractivity contribution in [1.82, 2.24) is 10.2 Å². The number of carboxylic acids is 1. The minimum atomic E-state index is -1.88. The summed E-state index contributed by atoms with van der Waals surface area (Å²) in [5, 5.41) is 22.4. The molecular formula is C16H19ClN2O5S. The minimum Gasteiger partial charge on any atom is -0.480 e. The number of thiophene rings is 1. The van der Waals surface area contributed by atoms with Crippen LogP contribution in [0.25, 0.3) is 0 Å². The van der Waals surface area contributed by atoms with Gasteiger partial charge in [0.1, 0.15) is 0 Å². The predicted octanol–water partition coefficient (Wildman–Crippen LogP) is 1.26. The molecule has 25 heavy (non-hydrogen) atoms. The molecule has 2 fully saturated rings. The molecule has 9 heteroatoms. The van der Waals surface area contributed by atoms with Crippen molar-refractivity contribution in [3.63, 3.8) is 0 Å². The van der Waals surface area contributed by atoms with Crippen LogP contribution in [0.3, 0.4) is 0 Å². The van der Waals surface area contributed by atoms with Gasteiger partial charge in [-0.05, 0) is 18.6 Å². The molecule has 3 rings (SSSR count). The second kappa shape index (κ2) is 6.68. The number of nitrogens with zero attached hydrogens (tertiary/aromatic N) is 1. The number of carboxylic acid groups (broad SMARTS) is 1. The van der Waals surface area contributed by atoms with Gasteiger partial charge in [-0.1, -0.05) is 24.9 Å². The highest BCUT2D eigenvalue weighted by Gasteiger charge is 2.68. The topological polar surface area (TPSA) is 107 Å².